The Morgan fingerprint density at radius 3 is 2.61 bits per heavy atom. The van der Waals surface area contributed by atoms with Gasteiger partial charge in [0.2, 0.25) is 5.91 Å². The Hall–Kier alpha value is -1.47. The SMILES string of the molecule is CNC(=O)Cc1ccc(S(=O)(=O)CCO)cc1F. The number of carbonyl (C=O) groups is 1. The summed E-state index contributed by atoms with van der Waals surface area (Å²) in [6, 6.07) is 3.35. The van der Waals surface area contributed by atoms with Gasteiger partial charge >= 0.3 is 0 Å². The van der Waals surface area contributed by atoms with Crippen LogP contribution in [0.1, 0.15) is 5.56 Å². The van der Waals surface area contributed by atoms with Crippen molar-refractivity contribution in [3.8, 4) is 0 Å². The Bertz CT molecular complexity index is 542. The molecule has 5 nitrogen and oxygen atoms in total. The molecule has 0 fully saturated rings. The summed E-state index contributed by atoms with van der Waals surface area (Å²) < 4.78 is 36.7. The van der Waals surface area contributed by atoms with Crippen molar-refractivity contribution in [1.29, 1.82) is 0 Å². The van der Waals surface area contributed by atoms with Crippen molar-refractivity contribution < 1.29 is 22.7 Å². The molecule has 0 atom stereocenters. The second-order valence-corrected chi connectivity index (χ2v) is 5.75. The lowest BCUT2D eigenvalue weighted by Gasteiger charge is -2.06. The quantitative estimate of drug-likeness (QED) is 0.785. The van der Waals surface area contributed by atoms with E-state index in [0.717, 1.165) is 6.07 Å². The molecule has 1 amide bonds. The molecule has 0 unspecified atom stereocenters. The number of likely N-dealkylation sites (N-methyl/N-ethyl adjacent to an activating group) is 1. The molecule has 100 valence electrons. The van der Waals surface area contributed by atoms with Crippen LogP contribution in [0.4, 0.5) is 4.39 Å². The number of rotatable bonds is 5. The highest BCUT2D eigenvalue weighted by Gasteiger charge is 2.16. The summed E-state index contributed by atoms with van der Waals surface area (Å²) in [7, 11) is -2.24. The molecule has 0 aliphatic carbocycles. The Labute approximate surface area is 105 Å². The lowest BCUT2D eigenvalue weighted by molar-refractivity contribution is -0.120. The minimum Gasteiger partial charge on any atom is -0.395 e. The summed E-state index contributed by atoms with van der Waals surface area (Å²) in [4.78, 5) is 10.9. The first-order valence-corrected chi connectivity index (χ1v) is 6.88. The molecule has 1 rings (SSSR count). The van der Waals surface area contributed by atoms with Crippen molar-refractivity contribution in [2.24, 2.45) is 0 Å². The molecule has 1 aromatic rings. The van der Waals surface area contributed by atoms with Crippen LogP contribution in [0.5, 0.6) is 0 Å². The Balaban J connectivity index is 3.03. The summed E-state index contributed by atoms with van der Waals surface area (Å²) >= 11 is 0. The number of carbonyl (C=O) groups excluding carboxylic acids is 1. The van der Waals surface area contributed by atoms with Gasteiger partial charge in [0.1, 0.15) is 5.82 Å². The van der Waals surface area contributed by atoms with Gasteiger partial charge in [-0.05, 0) is 17.7 Å². The third-order valence-electron chi connectivity index (χ3n) is 2.37. The van der Waals surface area contributed by atoms with E-state index in [0.29, 0.717) is 0 Å². The van der Waals surface area contributed by atoms with Crippen LogP contribution in [0.25, 0.3) is 0 Å². The molecule has 0 bridgehead atoms. The van der Waals surface area contributed by atoms with Gasteiger partial charge < -0.3 is 10.4 Å². The zero-order valence-electron chi connectivity index (χ0n) is 9.81. The van der Waals surface area contributed by atoms with E-state index in [9.17, 15) is 17.6 Å². The van der Waals surface area contributed by atoms with Gasteiger partial charge in [-0.1, -0.05) is 6.07 Å². The van der Waals surface area contributed by atoms with Crippen molar-refractivity contribution >= 4 is 15.7 Å². The maximum Gasteiger partial charge on any atom is 0.224 e. The first kappa shape index (κ1) is 14.6. The molecule has 0 spiro atoms. The number of halogens is 1. The fourth-order valence-corrected chi connectivity index (χ4v) is 2.40. The maximum atomic E-state index is 13.6. The smallest absolute Gasteiger partial charge is 0.224 e. The van der Waals surface area contributed by atoms with Gasteiger partial charge in [-0.3, -0.25) is 4.79 Å². The topological polar surface area (TPSA) is 83.5 Å². The average Bonchev–Trinajstić information content (AvgIpc) is 2.31. The van der Waals surface area contributed by atoms with Gasteiger partial charge in [-0.2, -0.15) is 0 Å². The number of sulfone groups is 1. The van der Waals surface area contributed by atoms with E-state index in [2.05, 4.69) is 5.32 Å². The molecular weight excluding hydrogens is 261 g/mol. The molecule has 2 N–H and O–H groups in total. The van der Waals surface area contributed by atoms with Gasteiger partial charge in [0, 0.05) is 7.05 Å². The molecule has 0 radical (unpaired) electrons. The van der Waals surface area contributed by atoms with Crippen LogP contribution in [-0.2, 0) is 21.1 Å². The van der Waals surface area contributed by atoms with Crippen LogP contribution in [0.3, 0.4) is 0 Å². The van der Waals surface area contributed by atoms with Crippen LogP contribution < -0.4 is 5.32 Å². The highest BCUT2D eigenvalue weighted by molar-refractivity contribution is 7.91. The molecule has 0 aliphatic rings. The molecule has 0 aromatic heterocycles. The molecule has 0 aliphatic heterocycles. The number of aliphatic hydroxyl groups is 1. The third-order valence-corrected chi connectivity index (χ3v) is 4.07. The van der Waals surface area contributed by atoms with Gasteiger partial charge in [-0.25, -0.2) is 12.8 Å². The number of nitrogens with one attached hydrogen (secondary N) is 1. The van der Waals surface area contributed by atoms with Crippen molar-refractivity contribution in [1.82, 2.24) is 5.32 Å². The second-order valence-electron chi connectivity index (χ2n) is 3.65. The predicted molar refractivity (Wildman–Crippen MR) is 63.3 cm³/mol. The van der Waals surface area contributed by atoms with Gasteiger partial charge in [-0.15, -0.1) is 0 Å². The van der Waals surface area contributed by atoms with Crippen molar-refractivity contribution in [3.05, 3.63) is 29.6 Å². The number of amides is 1. The van der Waals surface area contributed by atoms with Crippen LogP contribution in [0.15, 0.2) is 23.1 Å². The normalized spacial score (nSPS) is 11.3. The molecule has 18 heavy (non-hydrogen) atoms. The fraction of sp³-hybridized carbons (Fsp3) is 0.364. The summed E-state index contributed by atoms with van der Waals surface area (Å²) in [6.07, 6.45) is -0.150. The Morgan fingerprint density at radius 1 is 1.44 bits per heavy atom. The molecule has 1 aromatic carbocycles. The molecule has 0 saturated carbocycles. The lowest BCUT2D eigenvalue weighted by atomic mass is 10.1. The zero-order chi connectivity index (χ0) is 13.8. The van der Waals surface area contributed by atoms with E-state index in [1.165, 1.54) is 19.2 Å². The van der Waals surface area contributed by atoms with E-state index >= 15 is 0 Å². The average molecular weight is 275 g/mol. The van der Waals surface area contributed by atoms with E-state index < -0.39 is 28.0 Å². The summed E-state index contributed by atoms with van der Waals surface area (Å²) in [5.74, 6) is -1.57. The number of hydrogen-bond acceptors (Lipinski definition) is 4. The second kappa shape index (κ2) is 5.92. The lowest BCUT2D eigenvalue weighted by Crippen LogP contribution is -2.20. The summed E-state index contributed by atoms with van der Waals surface area (Å²) in [5.41, 5.74) is 0.122. The first-order chi connectivity index (χ1) is 8.40. The van der Waals surface area contributed by atoms with Crippen molar-refractivity contribution in [3.63, 3.8) is 0 Å². The van der Waals surface area contributed by atoms with Crippen LogP contribution in [-0.4, -0.2) is 38.8 Å². The standard InChI is InChI=1S/C11H14FNO4S/c1-13-11(15)6-8-2-3-9(7-10(8)12)18(16,17)5-4-14/h2-3,7,14H,4-6H2,1H3,(H,13,15). The maximum absolute atomic E-state index is 13.6. The van der Waals surface area contributed by atoms with Gasteiger partial charge in [0.05, 0.1) is 23.7 Å². The number of aliphatic hydroxyl groups excluding tert-OH is 1. The highest BCUT2D eigenvalue weighted by atomic mass is 32.2. The van der Waals surface area contributed by atoms with E-state index in [-0.39, 0.29) is 22.8 Å². The van der Waals surface area contributed by atoms with Crippen LogP contribution >= 0.6 is 0 Å². The van der Waals surface area contributed by atoms with E-state index in [1.807, 2.05) is 0 Å². The minimum atomic E-state index is -3.67. The van der Waals surface area contributed by atoms with Crippen molar-refractivity contribution in [2.45, 2.75) is 11.3 Å². The number of benzene rings is 1. The van der Waals surface area contributed by atoms with Crippen LogP contribution in [0.2, 0.25) is 0 Å². The fourth-order valence-electron chi connectivity index (χ4n) is 1.36. The first-order valence-electron chi connectivity index (χ1n) is 5.23. The Kier molecular flexibility index (Phi) is 4.80. The summed E-state index contributed by atoms with van der Waals surface area (Å²) in [5, 5.41) is 11.0. The number of hydrogen-bond donors (Lipinski definition) is 2. The molecule has 7 heteroatoms. The molecule has 0 saturated heterocycles. The van der Waals surface area contributed by atoms with E-state index in [4.69, 9.17) is 5.11 Å². The largest absolute Gasteiger partial charge is 0.395 e. The molecular formula is C11H14FNO4S. The van der Waals surface area contributed by atoms with Gasteiger partial charge in [0.15, 0.2) is 9.84 Å². The molecule has 0 heterocycles. The summed E-state index contributed by atoms with van der Waals surface area (Å²) in [6.45, 7) is -0.524. The Morgan fingerprint density at radius 2 is 2.11 bits per heavy atom. The van der Waals surface area contributed by atoms with Crippen molar-refractivity contribution in [2.75, 3.05) is 19.4 Å². The van der Waals surface area contributed by atoms with Gasteiger partial charge in [0.25, 0.3) is 0 Å². The monoisotopic (exact) mass is 275 g/mol. The van der Waals surface area contributed by atoms with Crippen LogP contribution in [0, 0.1) is 5.82 Å². The predicted octanol–water partition coefficient (Wildman–Crippen LogP) is -0.120. The van der Waals surface area contributed by atoms with E-state index in [1.54, 1.807) is 0 Å². The minimum absolute atomic E-state index is 0.122. The zero-order valence-corrected chi connectivity index (χ0v) is 10.6. The third kappa shape index (κ3) is 3.51. The highest BCUT2D eigenvalue weighted by Crippen LogP contribution is 2.16.